The largest absolute Gasteiger partial charge is 0.492 e. The van der Waals surface area contributed by atoms with Crippen LogP contribution in [0.15, 0.2) is 48.7 Å². The van der Waals surface area contributed by atoms with Crippen LogP contribution in [0.1, 0.15) is 11.6 Å². The van der Waals surface area contributed by atoms with Crippen molar-refractivity contribution in [1.29, 1.82) is 0 Å². The molecule has 8 heteroatoms. The molecule has 4 rings (SSSR count). The van der Waals surface area contributed by atoms with Crippen molar-refractivity contribution in [2.45, 2.75) is 6.04 Å². The van der Waals surface area contributed by atoms with Crippen LogP contribution in [0.4, 0.5) is 0 Å². The minimum absolute atomic E-state index is 0.577. The van der Waals surface area contributed by atoms with Gasteiger partial charge in [-0.3, -0.25) is 14.6 Å². The summed E-state index contributed by atoms with van der Waals surface area (Å²) in [4.78, 5) is 19.6. The highest BCUT2D eigenvalue weighted by molar-refractivity contribution is 6.31. The van der Waals surface area contributed by atoms with Crippen molar-refractivity contribution in [3.8, 4) is 5.75 Å². The molecule has 0 radical (unpaired) electrons. The molecule has 30 heavy (non-hydrogen) atoms. The van der Waals surface area contributed by atoms with Gasteiger partial charge in [0, 0.05) is 65.4 Å². The average Bonchev–Trinajstić information content (AvgIpc) is 3.13. The van der Waals surface area contributed by atoms with Crippen molar-refractivity contribution < 1.29 is 14.6 Å². The lowest BCUT2D eigenvalue weighted by atomic mass is 10.0. The highest BCUT2D eigenvalue weighted by Gasteiger charge is 2.32. The molecule has 2 aromatic carbocycles. The highest BCUT2D eigenvalue weighted by atomic mass is 35.5. The second kappa shape index (κ2) is 9.27. The number of piperazine rings is 1. The molecule has 1 fully saturated rings. The van der Waals surface area contributed by atoms with Gasteiger partial charge < -0.3 is 14.8 Å². The lowest BCUT2D eigenvalue weighted by Gasteiger charge is -2.37. The zero-order valence-electron chi connectivity index (χ0n) is 16.4. The van der Waals surface area contributed by atoms with E-state index in [1.165, 1.54) is 0 Å². The van der Waals surface area contributed by atoms with Crippen LogP contribution in [0.3, 0.4) is 0 Å². The molecular weight excluding hydrogens is 425 g/mol. The Bertz CT molecular complexity index is 1010. The zero-order chi connectivity index (χ0) is 21.1. The number of fused-ring (bicyclic) bond motifs is 1. The predicted octanol–water partition coefficient (Wildman–Crippen LogP) is 4.30. The van der Waals surface area contributed by atoms with Gasteiger partial charge in [0.2, 0.25) is 0 Å². The van der Waals surface area contributed by atoms with Gasteiger partial charge in [-0.2, -0.15) is 0 Å². The molecule has 2 N–H and O–H groups in total. The van der Waals surface area contributed by atoms with Crippen LogP contribution in [-0.4, -0.2) is 65.2 Å². The van der Waals surface area contributed by atoms with E-state index in [4.69, 9.17) is 27.9 Å². The van der Waals surface area contributed by atoms with E-state index in [1.807, 2.05) is 29.2 Å². The number of aromatic amines is 1. The molecule has 0 aliphatic carbocycles. The zero-order valence-corrected chi connectivity index (χ0v) is 17.9. The Morgan fingerprint density at radius 1 is 1.07 bits per heavy atom. The second-order valence-corrected chi connectivity index (χ2v) is 8.23. The van der Waals surface area contributed by atoms with Crippen molar-refractivity contribution in [3.05, 3.63) is 64.3 Å². The monoisotopic (exact) mass is 447 g/mol. The number of hydrogen-bond donors (Lipinski definition) is 2. The highest BCUT2D eigenvalue weighted by Crippen LogP contribution is 2.31. The predicted molar refractivity (Wildman–Crippen MR) is 119 cm³/mol. The lowest BCUT2D eigenvalue weighted by Crippen LogP contribution is -2.50. The fraction of sp³-hybridized carbons (Fsp3) is 0.318. The fourth-order valence-electron chi connectivity index (χ4n) is 3.90. The molecule has 1 aromatic heterocycles. The van der Waals surface area contributed by atoms with Crippen LogP contribution in [0, 0.1) is 0 Å². The summed E-state index contributed by atoms with van der Waals surface area (Å²) in [5.41, 5.74) is 1.62. The first-order chi connectivity index (χ1) is 14.5. The first-order valence-corrected chi connectivity index (χ1v) is 10.6. The summed E-state index contributed by atoms with van der Waals surface area (Å²) in [6, 6.07) is 12.1. The summed E-state index contributed by atoms with van der Waals surface area (Å²) in [5, 5.41) is 12.1. The first kappa shape index (κ1) is 21.0. The SMILES string of the molecule is O=C(O)[C@@H](c1c[nH]c2cc(Cl)ccc12)N1CCN(CCOc2ccc(Cl)cc2)CC1. The maximum Gasteiger partial charge on any atom is 0.325 e. The normalized spacial score (nSPS) is 16.6. The van der Waals surface area contributed by atoms with Gasteiger partial charge >= 0.3 is 5.97 Å². The topological polar surface area (TPSA) is 68.8 Å². The number of carbonyl (C=O) groups is 1. The quantitative estimate of drug-likeness (QED) is 0.564. The molecule has 1 atom stereocenters. The molecule has 0 amide bonds. The summed E-state index contributed by atoms with van der Waals surface area (Å²) >= 11 is 11.9. The Labute approximate surface area is 184 Å². The smallest absolute Gasteiger partial charge is 0.325 e. The van der Waals surface area contributed by atoms with Crippen LogP contribution >= 0.6 is 23.2 Å². The minimum atomic E-state index is -0.842. The van der Waals surface area contributed by atoms with E-state index >= 15 is 0 Å². The minimum Gasteiger partial charge on any atom is -0.492 e. The van der Waals surface area contributed by atoms with Gasteiger partial charge in [-0.25, -0.2) is 0 Å². The van der Waals surface area contributed by atoms with Crippen molar-refractivity contribution in [3.63, 3.8) is 0 Å². The number of nitrogens with one attached hydrogen (secondary N) is 1. The van der Waals surface area contributed by atoms with E-state index < -0.39 is 12.0 Å². The Hall–Kier alpha value is -2.25. The summed E-state index contributed by atoms with van der Waals surface area (Å²) in [5.74, 6) is -0.0474. The Morgan fingerprint density at radius 2 is 1.77 bits per heavy atom. The summed E-state index contributed by atoms with van der Waals surface area (Å²) in [6.07, 6.45) is 1.78. The molecule has 1 saturated heterocycles. The van der Waals surface area contributed by atoms with Gasteiger partial charge in [-0.15, -0.1) is 0 Å². The molecule has 1 aliphatic rings. The average molecular weight is 448 g/mol. The van der Waals surface area contributed by atoms with Gasteiger partial charge in [-0.1, -0.05) is 29.3 Å². The number of halogens is 2. The Morgan fingerprint density at radius 3 is 2.47 bits per heavy atom. The number of rotatable bonds is 7. The molecular formula is C22H23Cl2N3O3. The molecule has 0 bridgehead atoms. The molecule has 2 heterocycles. The molecule has 0 unspecified atom stereocenters. The number of aromatic nitrogens is 1. The van der Waals surface area contributed by atoms with Gasteiger partial charge in [0.25, 0.3) is 0 Å². The number of benzene rings is 2. The third-order valence-electron chi connectivity index (χ3n) is 5.47. The van der Waals surface area contributed by atoms with Crippen LogP contribution < -0.4 is 4.74 Å². The van der Waals surface area contributed by atoms with Crippen LogP contribution in [0.2, 0.25) is 10.0 Å². The van der Waals surface area contributed by atoms with Crippen molar-refractivity contribution in [1.82, 2.24) is 14.8 Å². The number of hydrogen-bond acceptors (Lipinski definition) is 4. The lowest BCUT2D eigenvalue weighted by molar-refractivity contribution is -0.144. The summed E-state index contributed by atoms with van der Waals surface area (Å²) in [6.45, 7) is 4.31. The summed E-state index contributed by atoms with van der Waals surface area (Å²) in [7, 11) is 0. The number of ether oxygens (including phenoxy) is 1. The van der Waals surface area contributed by atoms with E-state index in [0.717, 1.165) is 41.9 Å². The van der Waals surface area contributed by atoms with E-state index in [9.17, 15) is 9.90 Å². The van der Waals surface area contributed by atoms with Crippen molar-refractivity contribution >= 4 is 40.1 Å². The number of carboxylic acids is 1. The van der Waals surface area contributed by atoms with E-state index in [0.29, 0.717) is 29.7 Å². The van der Waals surface area contributed by atoms with Gasteiger partial charge in [-0.05, 0) is 36.4 Å². The number of aliphatic carboxylic acids is 1. The van der Waals surface area contributed by atoms with Gasteiger partial charge in [0.05, 0.1) is 0 Å². The van der Waals surface area contributed by atoms with Gasteiger partial charge in [0.15, 0.2) is 0 Å². The summed E-state index contributed by atoms with van der Waals surface area (Å²) < 4.78 is 5.77. The van der Waals surface area contributed by atoms with Crippen molar-refractivity contribution in [2.24, 2.45) is 0 Å². The fourth-order valence-corrected chi connectivity index (χ4v) is 4.20. The number of carboxylic acid groups (broad SMARTS) is 1. The maximum absolute atomic E-state index is 12.1. The molecule has 0 spiro atoms. The number of nitrogens with zero attached hydrogens (tertiary/aromatic N) is 2. The van der Waals surface area contributed by atoms with E-state index in [1.54, 1.807) is 24.4 Å². The van der Waals surface area contributed by atoms with Gasteiger partial charge in [0.1, 0.15) is 18.4 Å². The van der Waals surface area contributed by atoms with Crippen LogP contribution in [0.25, 0.3) is 10.9 Å². The molecule has 6 nitrogen and oxygen atoms in total. The first-order valence-electron chi connectivity index (χ1n) is 9.85. The van der Waals surface area contributed by atoms with Crippen molar-refractivity contribution in [2.75, 3.05) is 39.3 Å². The van der Waals surface area contributed by atoms with Crippen LogP contribution in [0.5, 0.6) is 5.75 Å². The third-order valence-corrected chi connectivity index (χ3v) is 5.95. The van der Waals surface area contributed by atoms with E-state index in [2.05, 4.69) is 9.88 Å². The second-order valence-electron chi connectivity index (χ2n) is 7.35. The van der Waals surface area contributed by atoms with Crippen LogP contribution in [-0.2, 0) is 4.79 Å². The standard InChI is InChI=1S/C22H23Cl2N3O3/c23-15-1-4-17(5-2-15)30-12-11-26-7-9-27(10-8-26)21(22(28)29)19-14-25-20-13-16(24)3-6-18(19)20/h1-6,13-14,21,25H,7-12H2,(H,28,29)/t21-/m1/s1. The molecule has 1 aliphatic heterocycles. The molecule has 3 aromatic rings. The van der Waals surface area contributed by atoms with E-state index in [-0.39, 0.29) is 0 Å². The Balaban J connectivity index is 1.35. The molecule has 0 saturated carbocycles. The third kappa shape index (κ3) is 4.73. The molecule has 158 valence electrons. The maximum atomic E-state index is 12.1. The Kier molecular flexibility index (Phi) is 6.49. The number of H-pyrrole nitrogens is 1.